The van der Waals surface area contributed by atoms with Gasteiger partial charge in [0.1, 0.15) is 12.4 Å². The molecule has 1 atom stereocenters. The number of ether oxygens (including phenoxy) is 3. The topological polar surface area (TPSA) is 80.3 Å². The Hall–Kier alpha value is -2.45. The Balaban J connectivity index is 1.57. The van der Waals surface area contributed by atoms with Crippen LogP contribution in [0.15, 0.2) is 42.5 Å². The highest BCUT2D eigenvalue weighted by atomic mass is 16.5. The number of carbonyl (C=O) groups is 1. The molecule has 36 heavy (non-hydrogen) atoms. The van der Waals surface area contributed by atoms with Crippen LogP contribution in [0.3, 0.4) is 0 Å². The lowest BCUT2D eigenvalue weighted by Crippen LogP contribution is -2.41. The minimum atomic E-state index is -0.282. The van der Waals surface area contributed by atoms with Crippen molar-refractivity contribution in [1.29, 1.82) is 0 Å². The molecule has 2 aromatic carbocycles. The maximum absolute atomic E-state index is 12.9. The van der Waals surface area contributed by atoms with E-state index in [4.69, 9.17) is 14.2 Å². The van der Waals surface area contributed by atoms with Crippen molar-refractivity contribution in [2.24, 2.45) is 5.92 Å². The highest BCUT2D eigenvalue weighted by Crippen LogP contribution is 2.25. The summed E-state index contributed by atoms with van der Waals surface area (Å²) in [4.78, 5) is 15.5. The molecule has 196 valence electrons. The van der Waals surface area contributed by atoms with E-state index >= 15 is 0 Å². The molecule has 2 aromatic rings. The summed E-state index contributed by atoms with van der Waals surface area (Å²) in [5.74, 6) is 0.723. The average Bonchev–Trinajstić information content (AvgIpc) is 2.89. The van der Waals surface area contributed by atoms with Crippen LogP contribution in [0, 0.1) is 5.92 Å². The first-order valence-corrected chi connectivity index (χ1v) is 13.2. The molecule has 1 fully saturated rings. The molecule has 2 aliphatic rings. The lowest BCUT2D eigenvalue weighted by atomic mass is 9.98. The van der Waals surface area contributed by atoms with Crippen molar-refractivity contribution in [1.82, 2.24) is 10.2 Å². The van der Waals surface area contributed by atoms with E-state index in [1.165, 1.54) is 11.1 Å². The van der Waals surface area contributed by atoms with Gasteiger partial charge in [0.15, 0.2) is 0 Å². The van der Waals surface area contributed by atoms with Crippen molar-refractivity contribution >= 4 is 5.91 Å². The van der Waals surface area contributed by atoms with Crippen molar-refractivity contribution in [3.8, 4) is 5.75 Å². The number of carbonyl (C=O) groups excluding carboxylic acids is 1. The molecule has 7 nitrogen and oxygen atoms in total. The standard InChI is InChI=1S/C29H40N2O5/c1-21(2)27(20-32)30-29(33)24-6-7-28-25(18-24)17-22-4-3-5-23(16-22)19-31(10-13-35-14-15-36-28)26-8-11-34-12-9-26/h3-7,16,18,21,26-27,32H,8-15,17,19-20H2,1-2H3,(H,30,33)/t27-/m1/s1. The number of rotatable bonds is 5. The first-order chi connectivity index (χ1) is 17.5. The van der Waals surface area contributed by atoms with Gasteiger partial charge in [-0.3, -0.25) is 9.69 Å². The van der Waals surface area contributed by atoms with Crippen LogP contribution in [-0.2, 0) is 22.4 Å². The Morgan fingerprint density at radius 3 is 2.58 bits per heavy atom. The van der Waals surface area contributed by atoms with Gasteiger partial charge in [0.05, 0.1) is 25.9 Å². The summed E-state index contributed by atoms with van der Waals surface area (Å²) < 4.78 is 17.6. The lowest BCUT2D eigenvalue weighted by molar-refractivity contribution is 0.0133. The maximum atomic E-state index is 12.9. The largest absolute Gasteiger partial charge is 0.491 e. The smallest absolute Gasteiger partial charge is 0.251 e. The van der Waals surface area contributed by atoms with Gasteiger partial charge in [-0.05, 0) is 53.6 Å². The molecular formula is C29H40N2O5. The number of nitrogens with one attached hydrogen (secondary N) is 1. The molecule has 2 N–H and O–H groups in total. The van der Waals surface area contributed by atoms with Crippen LogP contribution >= 0.6 is 0 Å². The predicted octanol–water partition coefficient (Wildman–Crippen LogP) is 3.41. The zero-order chi connectivity index (χ0) is 25.3. The third kappa shape index (κ3) is 7.29. The number of nitrogens with zero attached hydrogens (tertiary/aromatic N) is 1. The van der Waals surface area contributed by atoms with Crippen LogP contribution in [-0.4, -0.2) is 74.2 Å². The number of hydrogen-bond acceptors (Lipinski definition) is 6. The number of amides is 1. The molecule has 0 aliphatic carbocycles. The molecular weight excluding hydrogens is 456 g/mol. The molecule has 0 radical (unpaired) electrons. The van der Waals surface area contributed by atoms with Gasteiger partial charge in [0.25, 0.3) is 5.91 Å². The van der Waals surface area contributed by atoms with Crippen molar-refractivity contribution in [2.75, 3.05) is 46.2 Å². The second kappa shape index (κ2) is 13.2. The second-order valence-corrected chi connectivity index (χ2v) is 10.1. The van der Waals surface area contributed by atoms with Gasteiger partial charge in [0, 0.05) is 44.3 Å². The number of aliphatic hydroxyl groups is 1. The molecule has 0 unspecified atom stereocenters. The third-order valence-corrected chi connectivity index (χ3v) is 7.13. The Kier molecular flexibility index (Phi) is 9.75. The summed E-state index contributed by atoms with van der Waals surface area (Å²) in [6.07, 6.45) is 2.76. The van der Waals surface area contributed by atoms with Crippen LogP contribution < -0.4 is 10.1 Å². The summed E-state index contributed by atoms with van der Waals surface area (Å²) in [6, 6.07) is 14.5. The van der Waals surface area contributed by atoms with E-state index < -0.39 is 0 Å². The third-order valence-electron chi connectivity index (χ3n) is 7.13. The highest BCUT2D eigenvalue weighted by Gasteiger charge is 2.22. The zero-order valence-corrected chi connectivity index (χ0v) is 21.6. The Labute approximate surface area is 214 Å². The first-order valence-electron chi connectivity index (χ1n) is 13.2. The van der Waals surface area contributed by atoms with E-state index in [9.17, 15) is 9.90 Å². The molecule has 1 saturated heterocycles. The fraction of sp³-hybridized carbons (Fsp3) is 0.552. The summed E-state index contributed by atoms with van der Waals surface area (Å²) in [5, 5.41) is 12.6. The summed E-state index contributed by atoms with van der Waals surface area (Å²) in [6.45, 7) is 8.91. The highest BCUT2D eigenvalue weighted by molar-refractivity contribution is 5.94. The average molecular weight is 497 g/mol. The second-order valence-electron chi connectivity index (χ2n) is 10.1. The van der Waals surface area contributed by atoms with E-state index in [0.717, 1.165) is 50.5 Å². The Bertz CT molecular complexity index is 989. The molecule has 2 heterocycles. The monoisotopic (exact) mass is 496 g/mol. The maximum Gasteiger partial charge on any atom is 0.251 e. The van der Waals surface area contributed by atoms with Gasteiger partial charge in [-0.1, -0.05) is 38.1 Å². The van der Waals surface area contributed by atoms with Gasteiger partial charge in [0.2, 0.25) is 0 Å². The SMILES string of the molecule is CC(C)[C@@H](CO)NC(=O)c1ccc2c(c1)Cc1cccc(c1)CN(C1CCOCC1)CCOCCO2. The number of aliphatic hydroxyl groups excluding tert-OH is 1. The summed E-state index contributed by atoms with van der Waals surface area (Å²) in [5.41, 5.74) is 3.99. The first kappa shape index (κ1) is 26.6. The van der Waals surface area contributed by atoms with Crippen LogP contribution in [0.25, 0.3) is 0 Å². The van der Waals surface area contributed by atoms with Gasteiger partial charge in [-0.15, -0.1) is 0 Å². The molecule has 1 amide bonds. The lowest BCUT2D eigenvalue weighted by Gasteiger charge is -2.34. The predicted molar refractivity (Wildman–Crippen MR) is 139 cm³/mol. The molecule has 4 rings (SSSR count). The molecule has 2 bridgehead atoms. The van der Waals surface area contributed by atoms with Crippen LogP contribution in [0.4, 0.5) is 0 Å². The van der Waals surface area contributed by atoms with E-state index in [2.05, 4.69) is 34.5 Å². The van der Waals surface area contributed by atoms with Gasteiger partial charge < -0.3 is 24.6 Å². The van der Waals surface area contributed by atoms with E-state index in [0.29, 0.717) is 37.8 Å². The van der Waals surface area contributed by atoms with E-state index in [-0.39, 0.29) is 24.5 Å². The normalized spacial score (nSPS) is 19.1. The van der Waals surface area contributed by atoms with E-state index in [1.807, 2.05) is 26.0 Å². The molecule has 7 heteroatoms. The van der Waals surface area contributed by atoms with Crippen LogP contribution in [0.5, 0.6) is 5.75 Å². The van der Waals surface area contributed by atoms with Crippen molar-refractivity contribution in [3.05, 3.63) is 64.7 Å². The van der Waals surface area contributed by atoms with Crippen LogP contribution in [0.2, 0.25) is 0 Å². The molecule has 0 aromatic heterocycles. The van der Waals surface area contributed by atoms with Crippen molar-refractivity contribution in [2.45, 2.75) is 51.7 Å². The van der Waals surface area contributed by atoms with Crippen LogP contribution in [0.1, 0.15) is 53.7 Å². The fourth-order valence-corrected chi connectivity index (χ4v) is 4.90. The number of benzene rings is 2. The fourth-order valence-electron chi connectivity index (χ4n) is 4.90. The molecule has 2 aliphatic heterocycles. The summed E-state index contributed by atoms with van der Waals surface area (Å²) >= 11 is 0. The summed E-state index contributed by atoms with van der Waals surface area (Å²) in [7, 11) is 0. The molecule has 0 saturated carbocycles. The minimum absolute atomic E-state index is 0.0881. The van der Waals surface area contributed by atoms with Gasteiger partial charge in [-0.25, -0.2) is 0 Å². The Morgan fingerprint density at radius 1 is 1.03 bits per heavy atom. The minimum Gasteiger partial charge on any atom is -0.491 e. The molecule has 0 spiro atoms. The van der Waals surface area contributed by atoms with E-state index in [1.54, 1.807) is 6.07 Å². The Morgan fingerprint density at radius 2 is 1.81 bits per heavy atom. The quantitative estimate of drug-likeness (QED) is 0.661. The van der Waals surface area contributed by atoms with Gasteiger partial charge >= 0.3 is 0 Å². The number of fused-ring (bicyclic) bond motifs is 3. The van der Waals surface area contributed by atoms with Crippen molar-refractivity contribution in [3.63, 3.8) is 0 Å². The van der Waals surface area contributed by atoms with Gasteiger partial charge in [-0.2, -0.15) is 0 Å². The zero-order valence-electron chi connectivity index (χ0n) is 21.6. The number of hydrogen-bond donors (Lipinski definition) is 2. The van der Waals surface area contributed by atoms with Crippen molar-refractivity contribution < 1.29 is 24.1 Å².